The summed E-state index contributed by atoms with van der Waals surface area (Å²) in [4.78, 5) is 14.6. The molecule has 5 heteroatoms. The van der Waals surface area contributed by atoms with E-state index < -0.39 is 0 Å². The second-order valence-corrected chi connectivity index (χ2v) is 5.75. The number of nitrogens with two attached hydrogens (primary N) is 1. The first-order chi connectivity index (χ1) is 11.8. The number of carbonyl (C=O) groups is 1. The molecule has 0 bridgehead atoms. The fourth-order valence-corrected chi connectivity index (χ4v) is 2.70. The van der Waals surface area contributed by atoms with Crippen molar-refractivity contribution in [2.24, 2.45) is 5.73 Å². The molecule has 2 N–H and O–H groups in total. The molecule has 0 unspecified atom stereocenters. The molecule has 2 aromatic carbocycles. The highest BCUT2D eigenvalue weighted by atomic mass is 16.5. The summed E-state index contributed by atoms with van der Waals surface area (Å²) in [6.07, 6.45) is 1.01. The third-order valence-corrected chi connectivity index (χ3v) is 3.97. The van der Waals surface area contributed by atoms with Gasteiger partial charge in [-0.05, 0) is 30.7 Å². The summed E-state index contributed by atoms with van der Waals surface area (Å²) in [6, 6.07) is 17.6. The molecule has 1 heterocycles. The molecule has 5 nitrogen and oxygen atoms in total. The van der Waals surface area contributed by atoms with Crippen molar-refractivity contribution < 1.29 is 9.32 Å². The summed E-state index contributed by atoms with van der Waals surface area (Å²) in [5.74, 6) is 0.0337. The van der Waals surface area contributed by atoms with Crippen LogP contribution in [0.15, 0.2) is 59.1 Å². The first-order valence-corrected chi connectivity index (χ1v) is 8.13. The molecule has 124 valence electrons. The second kappa shape index (κ2) is 7.75. The fraction of sp³-hybridized carbons (Fsp3) is 0.263. The van der Waals surface area contributed by atoms with Crippen molar-refractivity contribution in [3.05, 3.63) is 65.9 Å². The summed E-state index contributed by atoms with van der Waals surface area (Å²) in [5, 5.41) is 4.95. The number of carbonyl (C=O) groups excluding carboxylic acids is 1. The van der Waals surface area contributed by atoms with Crippen LogP contribution >= 0.6 is 0 Å². The summed E-state index contributed by atoms with van der Waals surface area (Å²) in [6.45, 7) is 1.78. The average Bonchev–Trinajstić information content (AvgIpc) is 3.02. The van der Waals surface area contributed by atoms with Gasteiger partial charge in [0.1, 0.15) is 5.69 Å². The van der Waals surface area contributed by atoms with Crippen LogP contribution in [0.4, 0.5) is 0 Å². The lowest BCUT2D eigenvalue weighted by atomic mass is 10.1. The van der Waals surface area contributed by atoms with Gasteiger partial charge in [-0.1, -0.05) is 47.6 Å². The van der Waals surface area contributed by atoms with E-state index in [-0.39, 0.29) is 12.3 Å². The number of para-hydroxylation sites is 1. The minimum absolute atomic E-state index is 0.0337. The van der Waals surface area contributed by atoms with Gasteiger partial charge < -0.3 is 15.2 Å². The van der Waals surface area contributed by atoms with Crippen LogP contribution in [-0.4, -0.2) is 29.1 Å². The molecule has 24 heavy (non-hydrogen) atoms. The van der Waals surface area contributed by atoms with Crippen molar-refractivity contribution in [2.75, 3.05) is 13.1 Å². The third-order valence-electron chi connectivity index (χ3n) is 3.97. The molecule has 0 radical (unpaired) electrons. The molecular formula is C19H21N3O2. The number of rotatable bonds is 7. The van der Waals surface area contributed by atoms with Crippen molar-refractivity contribution in [3.63, 3.8) is 0 Å². The standard InChI is InChI=1S/C19H21N3O2/c20-11-6-12-22(14-15-7-2-1-3-8-15)19(23)13-17-16-9-4-5-10-18(16)24-21-17/h1-5,7-10H,6,11-14,20H2. The highest BCUT2D eigenvalue weighted by Gasteiger charge is 2.18. The Balaban J connectivity index is 1.75. The van der Waals surface area contributed by atoms with Gasteiger partial charge in [0.15, 0.2) is 5.58 Å². The van der Waals surface area contributed by atoms with Gasteiger partial charge in [-0.2, -0.15) is 0 Å². The number of fused-ring (bicyclic) bond motifs is 1. The maximum absolute atomic E-state index is 12.8. The Morgan fingerprint density at radius 3 is 2.62 bits per heavy atom. The monoisotopic (exact) mass is 323 g/mol. The van der Waals surface area contributed by atoms with E-state index in [0.29, 0.717) is 30.9 Å². The van der Waals surface area contributed by atoms with Crippen molar-refractivity contribution >= 4 is 16.9 Å². The van der Waals surface area contributed by atoms with Crippen LogP contribution in [0.3, 0.4) is 0 Å². The van der Waals surface area contributed by atoms with E-state index in [1.54, 1.807) is 0 Å². The predicted octanol–water partition coefficient (Wildman–Crippen LogP) is 2.75. The zero-order valence-electron chi connectivity index (χ0n) is 13.5. The van der Waals surface area contributed by atoms with Crippen LogP contribution in [0.2, 0.25) is 0 Å². The van der Waals surface area contributed by atoms with Gasteiger partial charge in [0.05, 0.1) is 6.42 Å². The molecule has 0 saturated heterocycles. The lowest BCUT2D eigenvalue weighted by molar-refractivity contribution is -0.131. The lowest BCUT2D eigenvalue weighted by Gasteiger charge is -2.22. The zero-order valence-corrected chi connectivity index (χ0v) is 13.5. The number of benzene rings is 2. The normalized spacial score (nSPS) is 10.9. The number of hydrogen-bond acceptors (Lipinski definition) is 4. The SMILES string of the molecule is NCCCN(Cc1ccccc1)C(=O)Cc1noc2ccccc12. The molecule has 0 aliphatic heterocycles. The van der Waals surface area contributed by atoms with Gasteiger partial charge in [-0.25, -0.2) is 0 Å². The Morgan fingerprint density at radius 1 is 1.08 bits per heavy atom. The van der Waals surface area contributed by atoms with Gasteiger partial charge in [0, 0.05) is 18.5 Å². The van der Waals surface area contributed by atoms with E-state index in [1.807, 2.05) is 59.5 Å². The number of amides is 1. The summed E-state index contributed by atoms with van der Waals surface area (Å²) >= 11 is 0. The first kappa shape index (κ1) is 16.2. The van der Waals surface area contributed by atoms with E-state index in [4.69, 9.17) is 10.3 Å². The quantitative estimate of drug-likeness (QED) is 0.725. The van der Waals surface area contributed by atoms with Crippen LogP contribution < -0.4 is 5.73 Å². The van der Waals surface area contributed by atoms with Gasteiger partial charge in [0.25, 0.3) is 0 Å². The largest absolute Gasteiger partial charge is 0.356 e. The lowest BCUT2D eigenvalue weighted by Crippen LogP contribution is -2.33. The maximum atomic E-state index is 12.8. The molecule has 0 aliphatic rings. The smallest absolute Gasteiger partial charge is 0.229 e. The summed E-state index contributed by atoms with van der Waals surface area (Å²) in [5.41, 5.74) is 8.11. The Hall–Kier alpha value is -2.66. The van der Waals surface area contributed by atoms with E-state index in [2.05, 4.69) is 5.16 Å². The van der Waals surface area contributed by atoms with Crippen LogP contribution in [0, 0.1) is 0 Å². The molecule has 0 saturated carbocycles. The van der Waals surface area contributed by atoms with Gasteiger partial charge in [0.2, 0.25) is 5.91 Å². The van der Waals surface area contributed by atoms with Crippen molar-refractivity contribution in [1.82, 2.24) is 10.1 Å². The number of hydrogen-bond donors (Lipinski definition) is 1. The average molecular weight is 323 g/mol. The molecule has 1 aromatic heterocycles. The number of aromatic nitrogens is 1. The van der Waals surface area contributed by atoms with Gasteiger partial charge in [-0.15, -0.1) is 0 Å². The third kappa shape index (κ3) is 3.81. The van der Waals surface area contributed by atoms with E-state index in [0.717, 1.165) is 17.4 Å². The molecule has 0 fully saturated rings. The van der Waals surface area contributed by atoms with E-state index in [1.165, 1.54) is 0 Å². The predicted molar refractivity (Wildman–Crippen MR) is 93.2 cm³/mol. The Morgan fingerprint density at radius 2 is 1.83 bits per heavy atom. The highest BCUT2D eigenvalue weighted by molar-refractivity contribution is 5.86. The first-order valence-electron chi connectivity index (χ1n) is 8.13. The Bertz CT molecular complexity index is 798. The Labute approximate surface area is 141 Å². The van der Waals surface area contributed by atoms with E-state index >= 15 is 0 Å². The zero-order chi connectivity index (χ0) is 16.8. The fourth-order valence-electron chi connectivity index (χ4n) is 2.70. The molecule has 3 rings (SSSR count). The summed E-state index contributed by atoms with van der Waals surface area (Å²) in [7, 11) is 0. The van der Waals surface area contributed by atoms with Crippen molar-refractivity contribution in [1.29, 1.82) is 0 Å². The molecule has 3 aromatic rings. The molecule has 1 amide bonds. The molecule has 0 aliphatic carbocycles. The van der Waals surface area contributed by atoms with Crippen LogP contribution in [0.1, 0.15) is 17.7 Å². The minimum Gasteiger partial charge on any atom is -0.356 e. The minimum atomic E-state index is 0.0337. The van der Waals surface area contributed by atoms with Gasteiger partial charge >= 0.3 is 0 Å². The molecular weight excluding hydrogens is 302 g/mol. The van der Waals surface area contributed by atoms with Crippen molar-refractivity contribution in [3.8, 4) is 0 Å². The van der Waals surface area contributed by atoms with Gasteiger partial charge in [-0.3, -0.25) is 4.79 Å². The second-order valence-electron chi connectivity index (χ2n) is 5.75. The van der Waals surface area contributed by atoms with Crippen LogP contribution in [0.25, 0.3) is 11.0 Å². The topological polar surface area (TPSA) is 72.4 Å². The van der Waals surface area contributed by atoms with E-state index in [9.17, 15) is 4.79 Å². The van der Waals surface area contributed by atoms with Crippen molar-refractivity contribution in [2.45, 2.75) is 19.4 Å². The molecule has 0 spiro atoms. The number of nitrogens with zero attached hydrogens (tertiary/aromatic N) is 2. The Kier molecular flexibility index (Phi) is 5.23. The summed E-state index contributed by atoms with van der Waals surface area (Å²) < 4.78 is 5.29. The molecule has 0 atom stereocenters. The van der Waals surface area contributed by atoms with Crippen LogP contribution in [0.5, 0.6) is 0 Å². The maximum Gasteiger partial charge on any atom is 0.229 e. The highest BCUT2D eigenvalue weighted by Crippen LogP contribution is 2.19. The van der Waals surface area contributed by atoms with Crippen LogP contribution in [-0.2, 0) is 17.8 Å².